The first kappa shape index (κ1) is 12.7. The summed E-state index contributed by atoms with van der Waals surface area (Å²) in [5.74, 6) is -3.70. The maximum Gasteiger partial charge on any atom is 0.252 e. The molecule has 17 heavy (non-hydrogen) atoms. The maximum absolute atomic E-state index is 13.0. The number of hydrogen-bond donors (Lipinski definition) is 1. The van der Waals surface area contributed by atoms with Gasteiger partial charge in [-0.25, -0.2) is 13.2 Å². The van der Waals surface area contributed by atoms with E-state index in [1.54, 1.807) is 0 Å². The van der Waals surface area contributed by atoms with Crippen LogP contribution in [-0.4, -0.2) is 17.9 Å². The molecule has 1 fully saturated rings. The minimum absolute atomic E-state index is 0.157. The Hall–Kier alpha value is -0.790. The molecular formula is C11H9F3INO. The van der Waals surface area contributed by atoms with Crippen LogP contribution in [0.2, 0.25) is 0 Å². The molecule has 1 aliphatic rings. The van der Waals surface area contributed by atoms with E-state index in [9.17, 15) is 18.0 Å². The molecule has 2 rings (SSSR count). The van der Waals surface area contributed by atoms with Gasteiger partial charge in [-0.05, 0) is 40.8 Å². The molecule has 0 aliphatic heterocycles. The van der Waals surface area contributed by atoms with Crippen molar-refractivity contribution in [1.29, 1.82) is 0 Å². The van der Waals surface area contributed by atoms with Gasteiger partial charge < -0.3 is 5.32 Å². The molecule has 1 amide bonds. The second-order valence-corrected chi connectivity index (χ2v) is 5.34. The summed E-state index contributed by atoms with van der Waals surface area (Å²) in [6, 6.07) is 3.37. The van der Waals surface area contributed by atoms with Gasteiger partial charge in [-0.3, -0.25) is 4.79 Å². The van der Waals surface area contributed by atoms with Crippen LogP contribution in [0.5, 0.6) is 0 Å². The van der Waals surface area contributed by atoms with Gasteiger partial charge in [0.25, 0.3) is 11.8 Å². The van der Waals surface area contributed by atoms with Crippen LogP contribution in [0.3, 0.4) is 0 Å². The van der Waals surface area contributed by atoms with Crippen LogP contribution in [0.1, 0.15) is 23.2 Å². The molecule has 1 aromatic carbocycles. The highest BCUT2D eigenvalue weighted by molar-refractivity contribution is 14.1. The fourth-order valence-corrected chi connectivity index (χ4v) is 2.35. The van der Waals surface area contributed by atoms with E-state index in [4.69, 9.17) is 0 Å². The van der Waals surface area contributed by atoms with Crippen LogP contribution in [0.15, 0.2) is 18.2 Å². The predicted molar refractivity (Wildman–Crippen MR) is 64.6 cm³/mol. The number of amides is 1. The number of alkyl halides is 2. The van der Waals surface area contributed by atoms with Crippen LogP contribution in [-0.2, 0) is 0 Å². The van der Waals surface area contributed by atoms with E-state index < -0.39 is 23.7 Å². The number of halogens is 4. The second kappa shape index (κ2) is 4.47. The molecule has 6 heteroatoms. The van der Waals surface area contributed by atoms with Crippen molar-refractivity contribution in [3.05, 3.63) is 33.1 Å². The van der Waals surface area contributed by atoms with E-state index in [2.05, 4.69) is 5.32 Å². The Kier molecular flexibility index (Phi) is 3.33. The highest BCUT2D eigenvalue weighted by atomic mass is 127. The van der Waals surface area contributed by atoms with Gasteiger partial charge in [-0.15, -0.1) is 0 Å². The summed E-state index contributed by atoms with van der Waals surface area (Å²) < 4.78 is 38.7. The van der Waals surface area contributed by atoms with E-state index in [0.717, 1.165) is 6.07 Å². The SMILES string of the molecule is O=C(NC1CC(F)(F)C1)c1cc(F)cc(I)c1. The van der Waals surface area contributed by atoms with Gasteiger partial charge in [0, 0.05) is 28.0 Å². The van der Waals surface area contributed by atoms with Crippen LogP contribution in [0.4, 0.5) is 13.2 Å². The number of rotatable bonds is 2. The number of carbonyl (C=O) groups is 1. The molecule has 0 bridgehead atoms. The van der Waals surface area contributed by atoms with E-state index in [0.29, 0.717) is 3.57 Å². The van der Waals surface area contributed by atoms with E-state index in [1.807, 2.05) is 22.6 Å². The van der Waals surface area contributed by atoms with Crippen molar-refractivity contribution in [2.75, 3.05) is 0 Å². The molecule has 1 aromatic rings. The normalized spacial score (nSPS) is 18.6. The summed E-state index contributed by atoms with van der Waals surface area (Å²) in [5, 5.41) is 2.45. The minimum Gasteiger partial charge on any atom is -0.349 e. The lowest BCUT2D eigenvalue weighted by Gasteiger charge is -2.35. The summed E-state index contributed by atoms with van der Waals surface area (Å²) in [5.41, 5.74) is 0.157. The molecule has 2 nitrogen and oxygen atoms in total. The standard InChI is InChI=1S/C11H9F3INO/c12-7-1-6(2-8(15)3-7)10(17)16-9-4-11(13,14)5-9/h1-3,9H,4-5H2,(H,16,17). The van der Waals surface area contributed by atoms with Crippen molar-refractivity contribution < 1.29 is 18.0 Å². The van der Waals surface area contributed by atoms with Crippen LogP contribution >= 0.6 is 22.6 Å². The summed E-state index contributed by atoms with van der Waals surface area (Å²) in [4.78, 5) is 11.6. The first-order chi connectivity index (χ1) is 7.85. The number of hydrogen-bond acceptors (Lipinski definition) is 1. The summed E-state index contributed by atoms with van der Waals surface area (Å²) >= 11 is 1.89. The highest BCUT2D eigenvalue weighted by Crippen LogP contribution is 2.37. The maximum atomic E-state index is 13.0. The van der Waals surface area contributed by atoms with Gasteiger partial charge in [-0.2, -0.15) is 0 Å². The van der Waals surface area contributed by atoms with E-state index in [-0.39, 0.29) is 18.4 Å². The Labute approximate surface area is 110 Å². The van der Waals surface area contributed by atoms with Crippen molar-refractivity contribution in [3.8, 4) is 0 Å². The zero-order valence-electron chi connectivity index (χ0n) is 8.64. The van der Waals surface area contributed by atoms with E-state index >= 15 is 0 Å². The molecule has 0 atom stereocenters. The molecule has 92 valence electrons. The molecule has 0 heterocycles. The quantitative estimate of drug-likeness (QED) is 0.813. The molecule has 0 radical (unpaired) electrons. The zero-order valence-corrected chi connectivity index (χ0v) is 10.8. The lowest BCUT2D eigenvalue weighted by Crippen LogP contribution is -2.50. The summed E-state index contributed by atoms with van der Waals surface area (Å²) in [6.45, 7) is 0. The van der Waals surface area contributed by atoms with Gasteiger partial charge in [-0.1, -0.05) is 0 Å². The largest absolute Gasteiger partial charge is 0.349 e. The fraction of sp³-hybridized carbons (Fsp3) is 0.364. The van der Waals surface area contributed by atoms with Crippen molar-refractivity contribution in [3.63, 3.8) is 0 Å². The molecule has 1 saturated carbocycles. The molecule has 0 aromatic heterocycles. The summed E-state index contributed by atoms with van der Waals surface area (Å²) in [7, 11) is 0. The minimum atomic E-state index is -2.67. The average Bonchev–Trinajstić information content (AvgIpc) is 2.13. The molecule has 0 unspecified atom stereocenters. The lowest BCUT2D eigenvalue weighted by molar-refractivity contribution is -0.0901. The monoisotopic (exact) mass is 355 g/mol. The van der Waals surface area contributed by atoms with Crippen molar-refractivity contribution in [2.24, 2.45) is 0 Å². The predicted octanol–water partition coefficient (Wildman–Crippen LogP) is 2.96. The number of nitrogens with one attached hydrogen (secondary N) is 1. The lowest BCUT2D eigenvalue weighted by atomic mass is 9.88. The highest BCUT2D eigenvalue weighted by Gasteiger charge is 2.45. The van der Waals surface area contributed by atoms with Gasteiger partial charge in [0.05, 0.1) is 0 Å². The zero-order chi connectivity index (χ0) is 12.6. The third kappa shape index (κ3) is 3.11. The Bertz CT molecular complexity index is 436. The Morgan fingerprint density at radius 2 is 2.00 bits per heavy atom. The molecular weight excluding hydrogens is 346 g/mol. The molecule has 1 aliphatic carbocycles. The third-order valence-electron chi connectivity index (χ3n) is 2.55. The van der Waals surface area contributed by atoms with Crippen LogP contribution < -0.4 is 5.32 Å². The Balaban J connectivity index is 2.01. The molecule has 1 N–H and O–H groups in total. The number of benzene rings is 1. The summed E-state index contributed by atoms with van der Waals surface area (Å²) in [6.07, 6.45) is -0.684. The van der Waals surface area contributed by atoms with Crippen LogP contribution in [0, 0.1) is 9.39 Å². The second-order valence-electron chi connectivity index (χ2n) is 4.09. The molecule has 0 saturated heterocycles. The first-order valence-corrected chi connectivity index (χ1v) is 6.08. The van der Waals surface area contributed by atoms with E-state index in [1.165, 1.54) is 12.1 Å². The van der Waals surface area contributed by atoms with Gasteiger partial charge in [0.1, 0.15) is 5.82 Å². The fourth-order valence-electron chi connectivity index (χ4n) is 1.72. The smallest absolute Gasteiger partial charge is 0.252 e. The Morgan fingerprint density at radius 3 is 2.53 bits per heavy atom. The molecule has 0 spiro atoms. The van der Waals surface area contributed by atoms with Crippen LogP contribution in [0.25, 0.3) is 0 Å². The average molecular weight is 355 g/mol. The van der Waals surface area contributed by atoms with Gasteiger partial charge in [0.15, 0.2) is 0 Å². The van der Waals surface area contributed by atoms with Gasteiger partial charge >= 0.3 is 0 Å². The number of carbonyl (C=O) groups excluding carboxylic acids is 1. The van der Waals surface area contributed by atoms with Gasteiger partial charge in [0.2, 0.25) is 0 Å². The third-order valence-corrected chi connectivity index (χ3v) is 3.17. The topological polar surface area (TPSA) is 29.1 Å². The Morgan fingerprint density at radius 1 is 1.35 bits per heavy atom. The first-order valence-electron chi connectivity index (χ1n) is 5.00. The van der Waals surface area contributed by atoms with Crippen molar-refractivity contribution in [2.45, 2.75) is 24.8 Å². The van der Waals surface area contributed by atoms with Crippen molar-refractivity contribution >= 4 is 28.5 Å². The van der Waals surface area contributed by atoms with Crippen molar-refractivity contribution in [1.82, 2.24) is 5.32 Å².